The largest absolute Gasteiger partial charge is 0.506 e. The number of hydrogen-bond donors (Lipinski definition) is 2. The molecule has 0 amide bonds. The van der Waals surface area contributed by atoms with Gasteiger partial charge in [-0.05, 0) is 19.1 Å². The van der Waals surface area contributed by atoms with Crippen molar-refractivity contribution >= 4 is 45.9 Å². The van der Waals surface area contributed by atoms with Crippen LogP contribution in [0.3, 0.4) is 0 Å². The molecule has 1 aromatic carbocycles. The number of rotatable bonds is 4. The summed E-state index contributed by atoms with van der Waals surface area (Å²) in [4.78, 5) is 11.3. The second-order valence-corrected chi connectivity index (χ2v) is 4.76. The Morgan fingerprint density at radius 1 is 1.61 bits per heavy atom. The minimum Gasteiger partial charge on any atom is -0.506 e. The van der Waals surface area contributed by atoms with Gasteiger partial charge in [-0.3, -0.25) is 4.79 Å². The van der Waals surface area contributed by atoms with Crippen molar-refractivity contribution in [1.29, 1.82) is 0 Å². The molecule has 0 aliphatic carbocycles. The van der Waals surface area contributed by atoms with Crippen LogP contribution in [-0.2, 0) is 9.53 Å². The number of aromatic hydroxyl groups is 1. The Morgan fingerprint density at radius 2 is 2.22 bits per heavy atom. The maximum absolute atomic E-state index is 11.3. The average molecular weight is 359 g/mol. The van der Waals surface area contributed by atoms with Crippen LogP contribution in [0.25, 0.3) is 0 Å². The molecule has 18 heavy (non-hydrogen) atoms. The van der Waals surface area contributed by atoms with Crippen molar-refractivity contribution in [2.45, 2.75) is 19.4 Å². The van der Waals surface area contributed by atoms with Crippen molar-refractivity contribution in [2.75, 3.05) is 6.61 Å². The fraction of sp³-hybridized carbons (Fsp3) is 0.364. The quantitative estimate of drug-likeness (QED) is 0.810. The highest BCUT2D eigenvalue weighted by Gasteiger charge is 2.18. The van der Waals surface area contributed by atoms with E-state index in [-0.39, 0.29) is 29.6 Å². The molecule has 0 saturated carbocycles. The lowest BCUT2D eigenvalue weighted by Gasteiger charge is -2.14. The van der Waals surface area contributed by atoms with Crippen molar-refractivity contribution in [2.24, 2.45) is 5.73 Å². The highest BCUT2D eigenvalue weighted by molar-refractivity contribution is 9.10. The number of ether oxygens (including phenoxy) is 1. The normalized spacial score (nSPS) is 11.6. The lowest BCUT2D eigenvalue weighted by Crippen LogP contribution is -2.17. The van der Waals surface area contributed by atoms with Gasteiger partial charge in [0, 0.05) is 16.1 Å². The van der Waals surface area contributed by atoms with Crippen LogP contribution in [0.15, 0.2) is 16.6 Å². The SMILES string of the molecule is CCOC(=O)C[C@@H](N)c1cc(Br)cc(Cl)c1O.Cl. The Morgan fingerprint density at radius 3 is 2.78 bits per heavy atom. The molecule has 0 saturated heterocycles. The molecule has 0 bridgehead atoms. The highest BCUT2D eigenvalue weighted by atomic mass is 79.9. The van der Waals surface area contributed by atoms with E-state index in [0.29, 0.717) is 16.6 Å². The minimum absolute atomic E-state index is 0. The first-order valence-electron chi connectivity index (χ1n) is 5.04. The number of benzene rings is 1. The van der Waals surface area contributed by atoms with Crippen LogP contribution in [0.1, 0.15) is 24.9 Å². The van der Waals surface area contributed by atoms with Gasteiger partial charge < -0.3 is 15.6 Å². The molecule has 0 fully saturated rings. The van der Waals surface area contributed by atoms with Crippen LogP contribution in [0.2, 0.25) is 5.02 Å². The number of esters is 1. The van der Waals surface area contributed by atoms with Gasteiger partial charge in [-0.2, -0.15) is 0 Å². The van der Waals surface area contributed by atoms with Crippen molar-refractivity contribution < 1.29 is 14.6 Å². The number of phenols is 1. The maximum atomic E-state index is 11.3. The van der Waals surface area contributed by atoms with Gasteiger partial charge in [-0.25, -0.2) is 0 Å². The molecule has 0 radical (unpaired) electrons. The molecule has 0 heterocycles. The smallest absolute Gasteiger partial charge is 0.307 e. The van der Waals surface area contributed by atoms with Crippen LogP contribution >= 0.6 is 39.9 Å². The van der Waals surface area contributed by atoms with Gasteiger partial charge in [0.05, 0.1) is 18.1 Å². The van der Waals surface area contributed by atoms with E-state index in [4.69, 9.17) is 22.1 Å². The fourth-order valence-electron chi connectivity index (χ4n) is 1.38. The van der Waals surface area contributed by atoms with Crippen molar-refractivity contribution in [3.05, 3.63) is 27.2 Å². The summed E-state index contributed by atoms with van der Waals surface area (Å²) in [6, 6.07) is 2.53. The predicted molar refractivity (Wildman–Crippen MR) is 76.2 cm³/mol. The molecular formula is C11H14BrCl2NO3. The summed E-state index contributed by atoms with van der Waals surface area (Å²) in [5, 5.41) is 9.94. The molecule has 3 N–H and O–H groups in total. The lowest BCUT2D eigenvalue weighted by molar-refractivity contribution is -0.143. The molecule has 0 spiro atoms. The summed E-state index contributed by atoms with van der Waals surface area (Å²) >= 11 is 9.05. The number of nitrogens with two attached hydrogens (primary N) is 1. The van der Waals surface area contributed by atoms with Gasteiger partial charge in [0.2, 0.25) is 0 Å². The van der Waals surface area contributed by atoms with E-state index in [0.717, 1.165) is 0 Å². The number of hydrogen-bond acceptors (Lipinski definition) is 4. The second-order valence-electron chi connectivity index (χ2n) is 3.44. The third-order valence-corrected chi connectivity index (χ3v) is 2.89. The van der Waals surface area contributed by atoms with Gasteiger partial charge in [-0.15, -0.1) is 12.4 Å². The second kappa shape index (κ2) is 7.84. The van der Waals surface area contributed by atoms with E-state index in [1.54, 1.807) is 19.1 Å². The van der Waals surface area contributed by atoms with Crippen LogP contribution in [0, 0.1) is 0 Å². The molecule has 0 aromatic heterocycles. The molecule has 102 valence electrons. The van der Waals surface area contributed by atoms with E-state index >= 15 is 0 Å². The minimum atomic E-state index is -0.649. The van der Waals surface area contributed by atoms with Gasteiger partial charge in [0.15, 0.2) is 0 Å². The molecule has 1 aromatic rings. The van der Waals surface area contributed by atoms with Crippen LogP contribution in [-0.4, -0.2) is 17.7 Å². The maximum Gasteiger partial charge on any atom is 0.307 e. The average Bonchev–Trinajstić information content (AvgIpc) is 2.23. The van der Waals surface area contributed by atoms with E-state index in [1.165, 1.54) is 0 Å². The number of carbonyl (C=O) groups excluding carboxylic acids is 1. The first kappa shape index (κ1) is 17.5. The zero-order valence-corrected chi connectivity index (χ0v) is 12.8. The van der Waals surface area contributed by atoms with Gasteiger partial charge in [-0.1, -0.05) is 27.5 Å². The third-order valence-electron chi connectivity index (χ3n) is 2.15. The molecule has 1 atom stereocenters. The summed E-state index contributed by atoms with van der Waals surface area (Å²) in [5.74, 6) is -0.512. The first-order chi connectivity index (χ1) is 7.95. The molecule has 7 heteroatoms. The molecule has 1 rings (SSSR count). The number of phenolic OH excluding ortho intramolecular Hbond substituents is 1. The number of halogens is 3. The highest BCUT2D eigenvalue weighted by Crippen LogP contribution is 2.35. The molecule has 4 nitrogen and oxygen atoms in total. The van der Waals surface area contributed by atoms with Gasteiger partial charge in [0.25, 0.3) is 0 Å². The number of carbonyl (C=O) groups is 1. The van der Waals surface area contributed by atoms with Crippen molar-refractivity contribution in [3.8, 4) is 5.75 Å². The lowest BCUT2D eigenvalue weighted by atomic mass is 10.0. The predicted octanol–water partition coefficient (Wildman–Crippen LogP) is 3.18. The summed E-state index contributed by atoms with van der Waals surface area (Å²) < 4.78 is 5.48. The van der Waals surface area contributed by atoms with E-state index in [2.05, 4.69) is 15.9 Å². The molecule has 0 aliphatic rings. The third kappa shape index (κ3) is 4.65. The van der Waals surface area contributed by atoms with Crippen LogP contribution < -0.4 is 5.73 Å². The van der Waals surface area contributed by atoms with Crippen molar-refractivity contribution in [1.82, 2.24) is 0 Å². The van der Waals surface area contributed by atoms with E-state index in [9.17, 15) is 9.90 Å². The van der Waals surface area contributed by atoms with Gasteiger partial charge >= 0.3 is 5.97 Å². The van der Waals surface area contributed by atoms with Crippen LogP contribution in [0.4, 0.5) is 0 Å². The van der Waals surface area contributed by atoms with E-state index in [1.807, 2.05) is 0 Å². The first-order valence-corrected chi connectivity index (χ1v) is 6.22. The summed E-state index contributed by atoms with van der Waals surface area (Å²) in [5.41, 5.74) is 6.24. The Kier molecular flexibility index (Phi) is 7.62. The summed E-state index contributed by atoms with van der Waals surface area (Å²) in [6.07, 6.45) is -0.00577. The van der Waals surface area contributed by atoms with Gasteiger partial charge in [0.1, 0.15) is 5.75 Å². The van der Waals surface area contributed by atoms with E-state index < -0.39 is 12.0 Å². The molecule has 0 aliphatic heterocycles. The monoisotopic (exact) mass is 357 g/mol. The Hall–Kier alpha value is -0.490. The summed E-state index contributed by atoms with van der Waals surface area (Å²) in [7, 11) is 0. The molecular weight excluding hydrogens is 345 g/mol. The standard InChI is InChI=1S/C11H13BrClNO3.ClH/c1-2-17-10(15)5-9(14)7-3-6(12)4-8(13)11(7)16;/h3-4,9,16H,2,5,14H2,1H3;1H/t9-;/m1./s1. The van der Waals surface area contributed by atoms with Crippen molar-refractivity contribution in [3.63, 3.8) is 0 Å². The Balaban J connectivity index is 0.00000289. The fourth-order valence-corrected chi connectivity index (χ4v) is 2.21. The molecule has 0 unspecified atom stereocenters. The topological polar surface area (TPSA) is 72.5 Å². The van der Waals surface area contributed by atoms with Crippen LogP contribution in [0.5, 0.6) is 5.75 Å². The Bertz CT molecular complexity index is 429. The Labute approximate surface area is 125 Å². The summed E-state index contributed by atoms with van der Waals surface area (Å²) in [6.45, 7) is 2.02. The zero-order valence-electron chi connectivity index (χ0n) is 9.65. The zero-order chi connectivity index (χ0) is 13.0.